The van der Waals surface area contributed by atoms with E-state index < -0.39 is 0 Å². The number of nitrogens with zero attached hydrogens (tertiary/aromatic N) is 1. The molecule has 0 spiro atoms. The van der Waals surface area contributed by atoms with Crippen molar-refractivity contribution in [2.45, 2.75) is 71.6 Å². The molecule has 0 amide bonds. The first-order chi connectivity index (χ1) is 12.2. The third-order valence-electron chi connectivity index (χ3n) is 4.40. The van der Waals surface area contributed by atoms with Gasteiger partial charge in [-0.05, 0) is 55.9 Å². The predicted octanol–water partition coefficient (Wildman–Crippen LogP) is 7.37. The van der Waals surface area contributed by atoms with Gasteiger partial charge >= 0.3 is 0 Å². The molecule has 0 N–H and O–H groups in total. The van der Waals surface area contributed by atoms with Crippen LogP contribution in [0.5, 0.6) is 0 Å². The molecule has 0 aromatic heterocycles. The van der Waals surface area contributed by atoms with Gasteiger partial charge in [0.2, 0.25) is 0 Å². The average Bonchev–Trinajstić information content (AvgIpc) is 2.63. The SMILES string of the molecule is C=N/C(C)=C\SCC(=C)CCc1ccc(CCCCCCCC)cc1. The van der Waals surface area contributed by atoms with E-state index in [2.05, 4.69) is 54.9 Å². The van der Waals surface area contributed by atoms with Crippen LogP contribution in [-0.2, 0) is 12.8 Å². The van der Waals surface area contributed by atoms with Gasteiger partial charge in [0.05, 0.1) is 0 Å². The van der Waals surface area contributed by atoms with Crippen molar-refractivity contribution in [3.8, 4) is 0 Å². The highest BCUT2D eigenvalue weighted by atomic mass is 32.2. The van der Waals surface area contributed by atoms with Crippen LogP contribution in [-0.4, -0.2) is 12.5 Å². The van der Waals surface area contributed by atoms with E-state index in [-0.39, 0.29) is 0 Å². The number of hydrogen-bond donors (Lipinski definition) is 0. The summed E-state index contributed by atoms with van der Waals surface area (Å²) in [5.41, 5.74) is 5.15. The molecule has 0 aliphatic rings. The first kappa shape index (κ1) is 21.8. The minimum atomic E-state index is 0.961. The third kappa shape index (κ3) is 11.0. The molecule has 0 radical (unpaired) electrons. The van der Waals surface area contributed by atoms with Gasteiger partial charge in [-0.15, -0.1) is 11.8 Å². The molecule has 25 heavy (non-hydrogen) atoms. The number of benzene rings is 1. The van der Waals surface area contributed by atoms with Crippen LogP contribution in [0, 0.1) is 0 Å². The largest absolute Gasteiger partial charge is 0.269 e. The lowest BCUT2D eigenvalue weighted by Crippen LogP contribution is -1.92. The Labute approximate surface area is 159 Å². The van der Waals surface area contributed by atoms with Crippen LogP contribution in [0.25, 0.3) is 0 Å². The molecular weight excluding hydrogens is 322 g/mol. The van der Waals surface area contributed by atoms with E-state index in [9.17, 15) is 0 Å². The zero-order chi connectivity index (χ0) is 18.3. The van der Waals surface area contributed by atoms with Crippen LogP contribution in [0.1, 0.15) is 69.9 Å². The number of aliphatic imine (C=N–C) groups is 1. The van der Waals surface area contributed by atoms with Gasteiger partial charge in [0.15, 0.2) is 0 Å². The number of thioether (sulfide) groups is 1. The maximum absolute atomic E-state index is 4.18. The zero-order valence-electron chi connectivity index (χ0n) is 16.2. The van der Waals surface area contributed by atoms with Crippen LogP contribution in [0.2, 0.25) is 0 Å². The summed E-state index contributed by atoms with van der Waals surface area (Å²) in [6, 6.07) is 9.19. The van der Waals surface area contributed by atoms with Crippen molar-refractivity contribution >= 4 is 18.5 Å². The van der Waals surface area contributed by atoms with Crippen LogP contribution >= 0.6 is 11.8 Å². The smallest absolute Gasteiger partial charge is 0.0428 e. The van der Waals surface area contributed by atoms with Crippen molar-refractivity contribution in [3.63, 3.8) is 0 Å². The van der Waals surface area contributed by atoms with Crippen LogP contribution in [0.4, 0.5) is 0 Å². The summed E-state index contributed by atoms with van der Waals surface area (Å²) in [5.74, 6) is 0.961. The Hall–Kier alpha value is -1.28. The number of aryl methyl sites for hydroxylation is 2. The van der Waals surface area contributed by atoms with Crippen molar-refractivity contribution in [3.05, 3.63) is 58.6 Å². The molecule has 0 saturated heterocycles. The molecule has 138 valence electrons. The van der Waals surface area contributed by atoms with E-state index in [0.717, 1.165) is 24.3 Å². The van der Waals surface area contributed by atoms with E-state index in [1.807, 2.05) is 6.92 Å². The minimum absolute atomic E-state index is 0.961. The number of hydrogen-bond acceptors (Lipinski definition) is 2. The Balaban J connectivity index is 2.21. The number of allylic oxidation sites excluding steroid dienone is 1. The Morgan fingerprint density at radius 1 is 1.00 bits per heavy atom. The lowest BCUT2D eigenvalue weighted by molar-refractivity contribution is 0.607. The molecule has 0 unspecified atom stereocenters. The van der Waals surface area contributed by atoms with Crippen LogP contribution in [0.3, 0.4) is 0 Å². The Morgan fingerprint density at radius 2 is 1.60 bits per heavy atom. The predicted molar refractivity (Wildman–Crippen MR) is 117 cm³/mol. The van der Waals surface area contributed by atoms with Crippen molar-refractivity contribution < 1.29 is 0 Å². The summed E-state index contributed by atoms with van der Waals surface area (Å²) in [5, 5.41) is 2.05. The molecule has 0 aliphatic carbocycles. The van der Waals surface area contributed by atoms with Crippen molar-refractivity contribution in [2.24, 2.45) is 4.99 Å². The lowest BCUT2D eigenvalue weighted by Gasteiger charge is -2.06. The summed E-state index contributed by atoms with van der Waals surface area (Å²) in [6.07, 6.45) is 11.6. The van der Waals surface area contributed by atoms with E-state index in [4.69, 9.17) is 0 Å². The molecule has 0 aliphatic heterocycles. The summed E-state index contributed by atoms with van der Waals surface area (Å²) in [7, 11) is 0. The third-order valence-corrected chi connectivity index (χ3v) is 5.48. The Morgan fingerprint density at radius 3 is 2.24 bits per heavy atom. The van der Waals surface area contributed by atoms with Crippen molar-refractivity contribution in [1.29, 1.82) is 0 Å². The van der Waals surface area contributed by atoms with E-state index in [0.29, 0.717) is 0 Å². The molecule has 0 atom stereocenters. The van der Waals surface area contributed by atoms with Crippen molar-refractivity contribution in [1.82, 2.24) is 0 Å². The molecule has 0 bridgehead atoms. The number of rotatable bonds is 14. The molecule has 0 fully saturated rings. The molecule has 1 rings (SSSR count). The molecule has 1 nitrogen and oxygen atoms in total. The highest BCUT2D eigenvalue weighted by molar-refractivity contribution is 8.02. The first-order valence-corrected chi connectivity index (χ1v) is 10.7. The highest BCUT2D eigenvalue weighted by Gasteiger charge is 1.99. The molecule has 0 saturated carbocycles. The van der Waals surface area contributed by atoms with E-state index in [1.54, 1.807) is 11.8 Å². The molecular formula is C23H35NS. The lowest BCUT2D eigenvalue weighted by atomic mass is 10.0. The summed E-state index contributed by atoms with van der Waals surface area (Å²) in [4.78, 5) is 3.89. The second-order valence-corrected chi connectivity index (χ2v) is 7.67. The van der Waals surface area contributed by atoms with Crippen LogP contribution in [0.15, 0.2) is 52.5 Å². The number of unbranched alkanes of at least 4 members (excludes halogenated alkanes) is 5. The summed E-state index contributed by atoms with van der Waals surface area (Å²) < 4.78 is 0. The van der Waals surface area contributed by atoms with Crippen LogP contribution < -0.4 is 0 Å². The molecule has 1 aromatic rings. The summed E-state index contributed by atoms with van der Waals surface area (Å²) in [6.45, 7) is 11.9. The van der Waals surface area contributed by atoms with Gasteiger partial charge in [0.1, 0.15) is 0 Å². The van der Waals surface area contributed by atoms with Gasteiger partial charge in [-0.3, -0.25) is 4.99 Å². The molecule has 1 aromatic carbocycles. The zero-order valence-corrected chi connectivity index (χ0v) is 17.0. The van der Waals surface area contributed by atoms with E-state index >= 15 is 0 Å². The van der Waals surface area contributed by atoms with Gasteiger partial charge in [-0.2, -0.15) is 0 Å². The standard InChI is InChI=1S/C23H35NS/c1-5-6-7-8-9-10-11-22-14-16-23(17-15-22)13-12-20(2)18-25-19-21(3)24-4/h14-17,19H,2,4-13,18H2,1,3H3/b21-19-. The van der Waals surface area contributed by atoms with E-state index in [1.165, 1.54) is 61.6 Å². The topological polar surface area (TPSA) is 12.4 Å². The fraction of sp³-hybridized carbons (Fsp3) is 0.522. The van der Waals surface area contributed by atoms with Gasteiger partial charge < -0.3 is 0 Å². The first-order valence-electron chi connectivity index (χ1n) is 9.65. The quantitative estimate of drug-likeness (QED) is 0.192. The fourth-order valence-electron chi connectivity index (χ4n) is 2.69. The second-order valence-electron chi connectivity index (χ2n) is 6.81. The van der Waals surface area contributed by atoms with Gasteiger partial charge in [-0.25, -0.2) is 0 Å². The maximum atomic E-state index is 4.18. The summed E-state index contributed by atoms with van der Waals surface area (Å²) >= 11 is 1.75. The normalized spacial score (nSPS) is 11.5. The maximum Gasteiger partial charge on any atom is 0.0428 e. The van der Waals surface area contributed by atoms with Gasteiger partial charge in [-0.1, -0.05) is 75.4 Å². The highest BCUT2D eigenvalue weighted by Crippen LogP contribution is 2.17. The van der Waals surface area contributed by atoms with Gasteiger partial charge in [0.25, 0.3) is 0 Å². The Kier molecular flexibility index (Phi) is 12.1. The molecule has 0 heterocycles. The fourth-order valence-corrected chi connectivity index (χ4v) is 3.47. The second kappa shape index (κ2) is 13.9. The monoisotopic (exact) mass is 357 g/mol. The molecule has 2 heteroatoms. The van der Waals surface area contributed by atoms with Crippen molar-refractivity contribution in [2.75, 3.05) is 5.75 Å². The van der Waals surface area contributed by atoms with Gasteiger partial charge in [0, 0.05) is 11.4 Å². The average molecular weight is 358 g/mol. The Bertz CT molecular complexity index is 528. The minimum Gasteiger partial charge on any atom is -0.269 e.